The molecule has 0 aliphatic carbocycles. The first kappa shape index (κ1) is 18.9. The van der Waals surface area contributed by atoms with Crippen molar-refractivity contribution >= 4 is 16.7 Å². The van der Waals surface area contributed by atoms with Gasteiger partial charge in [-0.1, -0.05) is 18.2 Å². The molecule has 4 rings (SSSR count). The lowest BCUT2D eigenvalue weighted by Crippen LogP contribution is -2.19. The number of aryl methyl sites for hydroxylation is 1. The van der Waals surface area contributed by atoms with E-state index in [0.29, 0.717) is 29.1 Å². The summed E-state index contributed by atoms with van der Waals surface area (Å²) in [5.74, 6) is 0.391. The maximum atomic E-state index is 13.8. The van der Waals surface area contributed by atoms with Gasteiger partial charge < -0.3 is 5.32 Å². The molecular formula is C21H18FN5O. The number of fused-ring (bicyclic) bond motifs is 1. The SMILES string of the molecule is C#C.Cn1ncc(NCc2nc3ccc(F)cc3n2-c2ccccc2)cc1=O. The molecular weight excluding hydrogens is 357 g/mol. The van der Waals surface area contributed by atoms with Crippen molar-refractivity contribution in [3.8, 4) is 18.5 Å². The summed E-state index contributed by atoms with van der Waals surface area (Å²) >= 11 is 0. The number of nitrogens with zero attached hydrogens (tertiary/aromatic N) is 4. The fraction of sp³-hybridized carbons (Fsp3) is 0.0952. The van der Waals surface area contributed by atoms with Crippen LogP contribution < -0.4 is 10.9 Å². The van der Waals surface area contributed by atoms with Gasteiger partial charge in [0, 0.05) is 24.9 Å². The number of nitrogens with one attached hydrogen (secondary N) is 1. The van der Waals surface area contributed by atoms with Crippen LogP contribution in [-0.2, 0) is 13.6 Å². The van der Waals surface area contributed by atoms with Gasteiger partial charge in [0.2, 0.25) is 0 Å². The van der Waals surface area contributed by atoms with Crippen LogP contribution in [0.15, 0.2) is 65.6 Å². The predicted molar refractivity (Wildman–Crippen MR) is 108 cm³/mol. The quantitative estimate of drug-likeness (QED) is 0.557. The van der Waals surface area contributed by atoms with Gasteiger partial charge >= 0.3 is 0 Å². The number of imidazole rings is 1. The van der Waals surface area contributed by atoms with Crippen molar-refractivity contribution in [2.24, 2.45) is 7.05 Å². The van der Waals surface area contributed by atoms with E-state index in [0.717, 1.165) is 5.69 Å². The van der Waals surface area contributed by atoms with Crippen molar-refractivity contribution in [3.63, 3.8) is 0 Å². The second-order valence-electron chi connectivity index (χ2n) is 5.89. The normalized spacial score (nSPS) is 10.3. The molecule has 6 nitrogen and oxygen atoms in total. The number of halogens is 1. The monoisotopic (exact) mass is 375 g/mol. The molecule has 0 saturated carbocycles. The summed E-state index contributed by atoms with van der Waals surface area (Å²) in [4.78, 5) is 16.3. The van der Waals surface area contributed by atoms with Crippen molar-refractivity contribution in [1.82, 2.24) is 19.3 Å². The largest absolute Gasteiger partial charge is 0.376 e. The zero-order valence-corrected chi connectivity index (χ0v) is 15.2. The fourth-order valence-corrected chi connectivity index (χ4v) is 2.83. The zero-order chi connectivity index (χ0) is 20.1. The summed E-state index contributed by atoms with van der Waals surface area (Å²) in [6.07, 6.45) is 9.58. The van der Waals surface area contributed by atoms with Gasteiger partial charge in [0.1, 0.15) is 11.6 Å². The van der Waals surface area contributed by atoms with Crippen LogP contribution in [0.3, 0.4) is 0 Å². The van der Waals surface area contributed by atoms with Crippen LogP contribution in [0, 0.1) is 18.7 Å². The highest BCUT2D eigenvalue weighted by molar-refractivity contribution is 5.78. The van der Waals surface area contributed by atoms with Crippen molar-refractivity contribution < 1.29 is 4.39 Å². The molecule has 0 radical (unpaired) electrons. The van der Waals surface area contributed by atoms with Crippen LogP contribution in [0.1, 0.15) is 5.82 Å². The van der Waals surface area contributed by atoms with E-state index in [4.69, 9.17) is 0 Å². The van der Waals surface area contributed by atoms with Crippen LogP contribution in [-0.4, -0.2) is 19.3 Å². The standard InChI is InChI=1S/C19H16FN5O.C2H2/c1-24-19(26)10-14(11-22-24)21-12-18-23-16-8-7-13(20)9-17(16)25(18)15-5-3-2-4-6-15;1-2/h2-11,21H,12H2,1H3;1-2H. The third kappa shape index (κ3) is 3.76. The zero-order valence-electron chi connectivity index (χ0n) is 15.2. The molecule has 2 heterocycles. The molecule has 1 N–H and O–H groups in total. The Bertz CT molecular complexity index is 1180. The molecule has 140 valence electrons. The first-order chi connectivity index (χ1) is 13.6. The van der Waals surface area contributed by atoms with Crippen LogP contribution in [0.25, 0.3) is 16.7 Å². The highest BCUT2D eigenvalue weighted by Crippen LogP contribution is 2.23. The number of aromatic nitrogens is 4. The first-order valence-electron chi connectivity index (χ1n) is 8.45. The average Bonchev–Trinajstić information content (AvgIpc) is 3.08. The Morgan fingerprint density at radius 2 is 1.86 bits per heavy atom. The molecule has 4 aromatic rings. The maximum absolute atomic E-state index is 13.8. The summed E-state index contributed by atoms with van der Waals surface area (Å²) in [6, 6.07) is 15.6. The molecule has 2 aromatic carbocycles. The fourth-order valence-electron chi connectivity index (χ4n) is 2.83. The van der Waals surface area contributed by atoms with E-state index in [1.54, 1.807) is 19.3 Å². The Morgan fingerprint density at radius 1 is 1.11 bits per heavy atom. The lowest BCUT2D eigenvalue weighted by molar-refractivity contribution is 0.629. The van der Waals surface area contributed by atoms with E-state index in [2.05, 4.69) is 28.2 Å². The summed E-state index contributed by atoms with van der Waals surface area (Å²) in [7, 11) is 1.59. The highest BCUT2D eigenvalue weighted by atomic mass is 19.1. The van der Waals surface area contributed by atoms with Crippen molar-refractivity contribution in [3.05, 3.63) is 82.8 Å². The van der Waals surface area contributed by atoms with Crippen molar-refractivity contribution in [2.45, 2.75) is 6.54 Å². The van der Waals surface area contributed by atoms with Crippen LogP contribution in [0.2, 0.25) is 0 Å². The molecule has 0 saturated heterocycles. The van der Waals surface area contributed by atoms with Gasteiger partial charge in [-0.15, -0.1) is 12.8 Å². The van der Waals surface area contributed by atoms with E-state index in [-0.39, 0.29) is 11.4 Å². The van der Waals surface area contributed by atoms with Crippen LogP contribution in [0.5, 0.6) is 0 Å². The van der Waals surface area contributed by atoms with E-state index >= 15 is 0 Å². The molecule has 0 fully saturated rings. The molecule has 0 atom stereocenters. The number of benzene rings is 2. The molecule has 0 spiro atoms. The number of hydrogen-bond acceptors (Lipinski definition) is 4. The topological polar surface area (TPSA) is 64.7 Å². The smallest absolute Gasteiger partial charge is 0.268 e. The molecule has 0 unspecified atom stereocenters. The summed E-state index contributed by atoms with van der Waals surface area (Å²) in [5, 5.41) is 7.15. The third-order valence-corrected chi connectivity index (χ3v) is 4.12. The van der Waals surface area contributed by atoms with Crippen LogP contribution >= 0.6 is 0 Å². The molecule has 2 aromatic heterocycles. The Morgan fingerprint density at radius 3 is 2.57 bits per heavy atom. The molecule has 28 heavy (non-hydrogen) atoms. The van der Waals surface area contributed by atoms with Gasteiger partial charge in [0.05, 0.1) is 29.5 Å². The first-order valence-corrected chi connectivity index (χ1v) is 8.45. The van der Waals surface area contributed by atoms with E-state index < -0.39 is 0 Å². The summed E-state index contributed by atoms with van der Waals surface area (Å²) < 4.78 is 16.9. The number of anilines is 1. The lowest BCUT2D eigenvalue weighted by atomic mass is 10.2. The van der Waals surface area contributed by atoms with Crippen molar-refractivity contribution in [2.75, 3.05) is 5.32 Å². The van der Waals surface area contributed by atoms with Gasteiger partial charge in [0.15, 0.2) is 0 Å². The van der Waals surface area contributed by atoms with Gasteiger partial charge in [-0.25, -0.2) is 14.1 Å². The van der Waals surface area contributed by atoms with Gasteiger partial charge in [-0.05, 0) is 24.3 Å². The minimum atomic E-state index is -0.315. The Kier molecular flexibility index (Phi) is 5.51. The van der Waals surface area contributed by atoms with Crippen molar-refractivity contribution in [1.29, 1.82) is 0 Å². The highest BCUT2D eigenvalue weighted by Gasteiger charge is 2.13. The van der Waals surface area contributed by atoms with Gasteiger partial charge in [-0.3, -0.25) is 9.36 Å². The Hall–Kier alpha value is -3.92. The number of para-hydroxylation sites is 1. The number of hydrogen-bond donors (Lipinski definition) is 1. The minimum absolute atomic E-state index is 0.200. The molecule has 0 aliphatic heterocycles. The molecule has 0 aliphatic rings. The maximum Gasteiger partial charge on any atom is 0.268 e. The molecule has 0 amide bonds. The lowest BCUT2D eigenvalue weighted by Gasteiger charge is -2.11. The Labute approximate surface area is 161 Å². The predicted octanol–water partition coefficient (Wildman–Crippen LogP) is 3.12. The van der Waals surface area contributed by atoms with Crippen LogP contribution in [0.4, 0.5) is 10.1 Å². The second-order valence-corrected chi connectivity index (χ2v) is 5.89. The van der Waals surface area contributed by atoms with E-state index in [9.17, 15) is 9.18 Å². The van der Waals surface area contributed by atoms with Gasteiger partial charge in [0.25, 0.3) is 5.56 Å². The summed E-state index contributed by atoms with van der Waals surface area (Å²) in [6.45, 7) is 0.361. The molecule has 7 heteroatoms. The average molecular weight is 375 g/mol. The second kappa shape index (κ2) is 8.18. The van der Waals surface area contributed by atoms with E-state index in [1.165, 1.54) is 22.9 Å². The third-order valence-electron chi connectivity index (χ3n) is 4.12. The molecule has 0 bridgehead atoms. The van der Waals surface area contributed by atoms with E-state index in [1.807, 2.05) is 34.9 Å². The number of rotatable bonds is 4. The summed E-state index contributed by atoms with van der Waals surface area (Å²) in [5.41, 5.74) is 2.68. The van der Waals surface area contributed by atoms with Gasteiger partial charge in [-0.2, -0.15) is 5.10 Å². The minimum Gasteiger partial charge on any atom is -0.376 e. The Balaban J connectivity index is 0.00000109. The number of terminal acetylenes is 1.